The SMILES string of the molecule is C[C@@H](O)C1NC(=O)[C@@H](NC(=O)OC(C)(C)C)C[C@@H](O)CNC(=O)[C@@H]2[C@@H](O)[C@@H](C)CN2C(=O)[C@H]([C@H](O)CCN(C(=O)OC(C)(C)C)C(CO)CO)NC(=O)[C@H]([C@H](O)Cc2ccc(OCc3ccccc3)c(OS(=O)(=O)O)c2)NC(=O)[C@@H]2C[C@@H](O)CN2C1=O. The Kier molecular flexibility index (Phi) is 24.6. The van der Waals surface area contributed by atoms with Gasteiger partial charge in [-0.25, -0.2) is 9.59 Å². The van der Waals surface area contributed by atoms with E-state index in [1.807, 2.05) is 0 Å². The molecule has 0 aromatic heterocycles. The van der Waals surface area contributed by atoms with Gasteiger partial charge in [-0.15, -0.1) is 0 Å². The van der Waals surface area contributed by atoms with E-state index in [1.54, 1.807) is 30.3 Å². The molecule has 31 nitrogen and oxygen atoms in total. The van der Waals surface area contributed by atoms with Gasteiger partial charge in [0.2, 0.25) is 35.4 Å². The lowest BCUT2D eigenvalue weighted by atomic mass is 9.98. The molecule has 0 saturated carbocycles. The van der Waals surface area contributed by atoms with Crippen LogP contribution in [0.3, 0.4) is 0 Å². The number of carbonyl (C=O) groups excluding carboxylic acids is 8. The molecule has 5 rings (SSSR count). The monoisotopic (exact) mass is 1250 g/mol. The quantitative estimate of drug-likeness (QED) is 0.0683. The molecule has 3 aliphatic heterocycles. The Morgan fingerprint density at radius 1 is 0.736 bits per heavy atom. The van der Waals surface area contributed by atoms with Crippen LogP contribution in [0.5, 0.6) is 11.5 Å². The number of hydrogen-bond acceptors (Lipinski definition) is 22. The van der Waals surface area contributed by atoms with Crippen molar-refractivity contribution in [3.05, 3.63) is 59.7 Å². The number of carbonyl (C=O) groups is 8. The summed E-state index contributed by atoms with van der Waals surface area (Å²) in [6.45, 7) is 7.35. The van der Waals surface area contributed by atoms with Gasteiger partial charge in [-0.05, 0) is 78.1 Å². The topological polar surface area (TPSA) is 460 Å². The number of benzene rings is 2. The van der Waals surface area contributed by atoms with Gasteiger partial charge in [0, 0.05) is 51.4 Å². The number of hydrogen-bond donors (Lipinski definition) is 14. The van der Waals surface area contributed by atoms with E-state index in [4.69, 9.17) is 18.4 Å². The van der Waals surface area contributed by atoms with Gasteiger partial charge in [0.05, 0.1) is 55.9 Å². The number of aliphatic hydroxyl groups is 8. The zero-order valence-electron chi connectivity index (χ0n) is 49.5. The highest BCUT2D eigenvalue weighted by Crippen LogP contribution is 2.32. The Morgan fingerprint density at radius 2 is 1.34 bits per heavy atom. The first-order chi connectivity index (χ1) is 40.5. The van der Waals surface area contributed by atoms with E-state index in [-0.39, 0.29) is 17.9 Å². The van der Waals surface area contributed by atoms with Gasteiger partial charge in [-0.2, -0.15) is 8.42 Å². The van der Waals surface area contributed by atoms with E-state index in [9.17, 15) is 82.6 Å². The lowest BCUT2D eigenvalue weighted by Gasteiger charge is -2.35. The van der Waals surface area contributed by atoms with Crippen LogP contribution in [0.4, 0.5) is 9.59 Å². The van der Waals surface area contributed by atoms with Gasteiger partial charge in [0.25, 0.3) is 0 Å². The fourth-order valence-electron chi connectivity index (χ4n) is 9.88. The second-order valence-electron chi connectivity index (χ2n) is 23.7. The summed E-state index contributed by atoms with van der Waals surface area (Å²) in [5, 5.41) is 101. The predicted molar refractivity (Wildman–Crippen MR) is 302 cm³/mol. The van der Waals surface area contributed by atoms with Crippen LogP contribution in [-0.2, 0) is 61.7 Å². The van der Waals surface area contributed by atoms with Crippen molar-refractivity contribution in [2.45, 2.75) is 178 Å². The van der Waals surface area contributed by atoms with Gasteiger partial charge < -0.3 is 101 Å². The Bertz CT molecular complexity index is 2850. The first-order valence-corrected chi connectivity index (χ1v) is 29.4. The summed E-state index contributed by atoms with van der Waals surface area (Å²) in [6.07, 6.45) is -16.1. The van der Waals surface area contributed by atoms with Crippen LogP contribution in [-0.4, -0.2) is 246 Å². The third-order valence-electron chi connectivity index (χ3n) is 14.2. The molecular weight excluding hydrogens is 1170 g/mol. The van der Waals surface area contributed by atoms with Crippen LogP contribution in [0.2, 0.25) is 0 Å². The van der Waals surface area contributed by atoms with Crippen LogP contribution in [0, 0.1) is 5.92 Å². The van der Waals surface area contributed by atoms with E-state index in [0.717, 1.165) is 27.7 Å². The predicted octanol–water partition coefficient (Wildman–Crippen LogP) is -3.53. The lowest BCUT2D eigenvalue weighted by Crippen LogP contribution is -2.64. The second kappa shape index (κ2) is 30.3. The molecule has 0 bridgehead atoms. The molecule has 32 heteroatoms. The Hall–Kier alpha value is -7.01. The summed E-state index contributed by atoms with van der Waals surface area (Å²) in [7, 11) is -5.26. The fraction of sp³-hybridized carbons (Fsp3) is 0.636. The molecular formula is C55H82N8O23S. The van der Waals surface area contributed by atoms with Crippen LogP contribution in [0.1, 0.15) is 85.8 Å². The minimum absolute atomic E-state index is 0.0723. The Morgan fingerprint density at radius 3 is 1.94 bits per heavy atom. The van der Waals surface area contributed by atoms with Crippen molar-refractivity contribution in [3.8, 4) is 11.5 Å². The molecule has 0 spiro atoms. The molecule has 13 atom stereocenters. The maximum Gasteiger partial charge on any atom is 0.446 e. The molecule has 0 radical (unpaired) electrons. The Balaban J connectivity index is 1.67. The molecule has 14 N–H and O–H groups in total. The number of nitrogens with zero attached hydrogens (tertiary/aromatic N) is 3. The smallest absolute Gasteiger partial charge is 0.446 e. The molecule has 3 aliphatic rings. The standard InChI is InChI=1S/C55H82N8O23S/c1-28-23-63-44(45(28)71)49(75)56-22-33(67)20-35(57-52(78)84-54(3,4)5)46(72)58-41(29(2)66)50(76)62-24-34(68)21-36(62)47(73)59-42(38(70)18-31-14-15-39(40(19-31)86-87(80,81)82)83-27-30-12-10-9-11-13-30)48(74)60-43(51(63)77)37(69)16-17-61(32(25-64)26-65)53(79)85-55(6,7)8/h9-15,19,28-29,32-38,41-45,64-71H,16-18,20-27H2,1-8H3,(H,56,75)(H,57,78)(H,58,72)(H,59,73)(H,60,74)(H,80,81,82)/t28-,29+,33+,34+,35-,36-,37+,38+,41?,42-,43-,44-,45-/m0/s1. The molecule has 2 aromatic carbocycles. The number of amides is 8. The van der Waals surface area contributed by atoms with E-state index < -0.39 is 225 Å². The fourth-order valence-corrected chi connectivity index (χ4v) is 10.2. The van der Waals surface area contributed by atoms with Crippen molar-refractivity contribution in [2.75, 3.05) is 39.4 Å². The number of β-amino-alcohol motifs (C(OH)–C–C–N with tert-alkyl or cyclic N) is 1. The maximum absolute atomic E-state index is 15.2. The molecule has 3 fully saturated rings. The third kappa shape index (κ3) is 20.3. The summed E-state index contributed by atoms with van der Waals surface area (Å²) < 4.78 is 55.4. The van der Waals surface area contributed by atoms with Crippen LogP contribution in [0.15, 0.2) is 48.5 Å². The lowest BCUT2D eigenvalue weighted by molar-refractivity contribution is -0.147. The minimum Gasteiger partial charge on any atom is -0.485 e. The molecule has 3 saturated heterocycles. The highest BCUT2D eigenvalue weighted by Gasteiger charge is 2.50. The minimum atomic E-state index is -5.26. The molecule has 486 valence electrons. The molecule has 0 aliphatic carbocycles. The van der Waals surface area contributed by atoms with Gasteiger partial charge in [-0.1, -0.05) is 43.3 Å². The zero-order valence-corrected chi connectivity index (χ0v) is 50.3. The van der Waals surface area contributed by atoms with E-state index in [0.29, 0.717) is 5.56 Å². The summed E-state index contributed by atoms with van der Waals surface area (Å²) in [6, 6.07) is -1.38. The summed E-state index contributed by atoms with van der Waals surface area (Å²) in [4.78, 5) is 117. The average molecular weight is 1260 g/mol. The van der Waals surface area contributed by atoms with Crippen molar-refractivity contribution in [1.29, 1.82) is 0 Å². The summed E-state index contributed by atoms with van der Waals surface area (Å²) >= 11 is 0. The maximum atomic E-state index is 15.2. The second-order valence-corrected chi connectivity index (χ2v) is 24.7. The molecule has 2 aromatic rings. The number of rotatable bonds is 17. The van der Waals surface area contributed by atoms with E-state index >= 15 is 9.59 Å². The number of alkyl carbamates (subject to hydrolysis) is 1. The van der Waals surface area contributed by atoms with Gasteiger partial charge in [0.15, 0.2) is 11.5 Å². The van der Waals surface area contributed by atoms with Crippen LogP contribution in [0.25, 0.3) is 0 Å². The van der Waals surface area contributed by atoms with Crippen molar-refractivity contribution in [2.24, 2.45) is 5.92 Å². The third-order valence-corrected chi connectivity index (χ3v) is 14.6. The molecule has 3 heterocycles. The Labute approximate surface area is 502 Å². The van der Waals surface area contributed by atoms with Crippen molar-refractivity contribution in [1.82, 2.24) is 41.3 Å². The first-order valence-electron chi connectivity index (χ1n) is 28.1. The zero-order chi connectivity index (χ0) is 65.0. The van der Waals surface area contributed by atoms with Crippen molar-refractivity contribution >= 4 is 58.0 Å². The van der Waals surface area contributed by atoms with Crippen molar-refractivity contribution < 1.29 is 111 Å². The summed E-state index contributed by atoms with van der Waals surface area (Å²) in [5.41, 5.74) is -1.71. The van der Waals surface area contributed by atoms with Crippen LogP contribution >= 0.6 is 0 Å². The molecule has 8 amide bonds. The van der Waals surface area contributed by atoms with Gasteiger partial charge >= 0.3 is 22.6 Å². The van der Waals surface area contributed by atoms with Gasteiger partial charge in [0.1, 0.15) is 54.1 Å². The average Bonchev–Trinajstić information content (AvgIpc) is 1.93. The number of ether oxygens (including phenoxy) is 3. The number of fused-ring (bicyclic) bond motifs is 2. The number of aliphatic hydroxyl groups excluding tert-OH is 8. The largest absolute Gasteiger partial charge is 0.485 e. The van der Waals surface area contributed by atoms with Crippen LogP contribution < -0.4 is 35.5 Å². The first kappa shape index (κ1) is 70.7. The van der Waals surface area contributed by atoms with Crippen molar-refractivity contribution in [3.63, 3.8) is 0 Å². The normalized spacial score (nSPS) is 26.0. The van der Waals surface area contributed by atoms with E-state index in [1.165, 1.54) is 60.6 Å². The molecule has 1 unspecified atom stereocenters. The number of nitrogens with one attached hydrogen (secondary N) is 5. The highest BCUT2D eigenvalue weighted by molar-refractivity contribution is 7.81. The van der Waals surface area contributed by atoms with E-state index in [2.05, 4.69) is 26.6 Å². The highest BCUT2D eigenvalue weighted by atomic mass is 32.3. The molecule has 87 heavy (non-hydrogen) atoms. The van der Waals surface area contributed by atoms with Gasteiger partial charge in [-0.3, -0.25) is 33.3 Å². The summed E-state index contributed by atoms with van der Waals surface area (Å²) in [5.74, 6) is -9.42.